The van der Waals surface area contributed by atoms with Gasteiger partial charge in [-0.15, -0.1) is 0 Å². The third-order valence-electron chi connectivity index (χ3n) is 2.40. The highest BCUT2D eigenvalue weighted by Crippen LogP contribution is 2.31. The summed E-state index contributed by atoms with van der Waals surface area (Å²) in [5.41, 5.74) is 2.30. The average molecular weight is 267 g/mol. The molecule has 1 aromatic heterocycles. The van der Waals surface area contributed by atoms with Gasteiger partial charge in [0.25, 0.3) is 0 Å². The van der Waals surface area contributed by atoms with E-state index in [1.54, 1.807) is 4.68 Å². The molecule has 1 aromatic carbocycles. The van der Waals surface area contributed by atoms with E-state index in [1.807, 2.05) is 38.2 Å². The number of hydrogen-bond donors (Lipinski definition) is 1. The molecular formula is C11H11BrN2O. The smallest absolute Gasteiger partial charge is 0.164 e. The predicted molar refractivity (Wildman–Crippen MR) is 62.7 cm³/mol. The number of aromatic hydroxyl groups is 1. The summed E-state index contributed by atoms with van der Waals surface area (Å²) in [5, 5.41) is 14.1. The molecule has 0 atom stereocenters. The van der Waals surface area contributed by atoms with Gasteiger partial charge in [0.15, 0.2) is 5.75 Å². The van der Waals surface area contributed by atoms with Crippen LogP contribution in [0.1, 0.15) is 5.69 Å². The Hall–Kier alpha value is -1.29. The van der Waals surface area contributed by atoms with Crippen molar-refractivity contribution in [1.29, 1.82) is 0 Å². The predicted octanol–water partition coefficient (Wildman–Crippen LogP) is 2.86. The van der Waals surface area contributed by atoms with E-state index in [4.69, 9.17) is 0 Å². The fourth-order valence-electron chi connectivity index (χ4n) is 1.43. The largest absolute Gasteiger partial charge is 0.504 e. The minimum atomic E-state index is 0.246. The van der Waals surface area contributed by atoms with Crippen molar-refractivity contribution in [3.8, 4) is 17.0 Å². The van der Waals surface area contributed by atoms with Crippen LogP contribution in [0.4, 0.5) is 0 Å². The molecule has 0 bridgehead atoms. The molecule has 0 aliphatic rings. The van der Waals surface area contributed by atoms with Crippen LogP contribution in [0.2, 0.25) is 0 Å². The molecule has 15 heavy (non-hydrogen) atoms. The van der Waals surface area contributed by atoms with Crippen LogP contribution in [0.15, 0.2) is 28.7 Å². The number of aryl methyl sites for hydroxylation is 1. The van der Waals surface area contributed by atoms with Gasteiger partial charge in [0, 0.05) is 17.1 Å². The zero-order chi connectivity index (χ0) is 11.0. The van der Waals surface area contributed by atoms with E-state index in [0.717, 1.165) is 15.7 Å². The third kappa shape index (κ3) is 1.77. The standard InChI is InChI=1S/C11H11BrN2O/c1-7-11(15)10(13-14(7)2)8-4-3-5-9(12)6-8/h3-6,15H,1-2H3. The average Bonchev–Trinajstić information content (AvgIpc) is 2.46. The summed E-state index contributed by atoms with van der Waals surface area (Å²) in [4.78, 5) is 0. The molecule has 4 heteroatoms. The van der Waals surface area contributed by atoms with Gasteiger partial charge < -0.3 is 5.11 Å². The quantitative estimate of drug-likeness (QED) is 0.862. The molecule has 1 heterocycles. The first kappa shape index (κ1) is 10.2. The molecule has 0 spiro atoms. The van der Waals surface area contributed by atoms with Crippen molar-refractivity contribution in [1.82, 2.24) is 9.78 Å². The maximum Gasteiger partial charge on any atom is 0.164 e. The Balaban J connectivity index is 2.59. The second-order valence-electron chi connectivity index (χ2n) is 3.42. The molecule has 0 aliphatic heterocycles. The molecule has 78 valence electrons. The molecule has 0 radical (unpaired) electrons. The van der Waals surface area contributed by atoms with Gasteiger partial charge in [-0.25, -0.2) is 0 Å². The molecule has 0 amide bonds. The van der Waals surface area contributed by atoms with E-state index in [-0.39, 0.29) is 5.75 Å². The number of halogens is 1. The number of nitrogens with zero attached hydrogens (tertiary/aromatic N) is 2. The lowest BCUT2D eigenvalue weighted by Crippen LogP contribution is -1.92. The molecule has 0 fully saturated rings. The molecule has 0 aliphatic carbocycles. The Morgan fingerprint density at radius 1 is 1.40 bits per heavy atom. The highest BCUT2D eigenvalue weighted by atomic mass is 79.9. The van der Waals surface area contributed by atoms with E-state index < -0.39 is 0 Å². The normalized spacial score (nSPS) is 10.6. The molecule has 3 nitrogen and oxygen atoms in total. The molecule has 0 unspecified atom stereocenters. The Morgan fingerprint density at radius 2 is 2.13 bits per heavy atom. The van der Waals surface area contributed by atoms with Gasteiger partial charge in [0.1, 0.15) is 5.69 Å². The van der Waals surface area contributed by atoms with Crippen LogP contribution in [0.5, 0.6) is 5.75 Å². The molecule has 2 aromatic rings. The van der Waals surface area contributed by atoms with Crippen LogP contribution in [-0.4, -0.2) is 14.9 Å². The van der Waals surface area contributed by atoms with E-state index in [2.05, 4.69) is 21.0 Å². The van der Waals surface area contributed by atoms with Crippen molar-refractivity contribution >= 4 is 15.9 Å². The first-order valence-corrected chi connectivity index (χ1v) is 5.37. The van der Waals surface area contributed by atoms with Crippen molar-refractivity contribution in [2.45, 2.75) is 6.92 Å². The van der Waals surface area contributed by atoms with E-state index in [0.29, 0.717) is 5.69 Å². The van der Waals surface area contributed by atoms with Gasteiger partial charge in [-0.2, -0.15) is 5.10 Å². The monoisotopic (exact) mass is 266 g/mol. The lowest BCUT2D eigenvalue weighted by molar-refractivity contribution is 0.471. The zero-order valence-electron chi connectivity index (χ0n) is 8.53. The summed E-state index contributed by atoms with van der Waals surface area (Å²) in [6.07, 6.45) is 0. The lowest BCUT2D eigenvalue weighted by atomic mass is 10.1. The highest BCUT2D eigenvalue weighted by Gasteiger charge is 2.13. The minimum Gasteiger partial charge on any atom is -0.504 e. The zero-order valence-corrected chi connectivity index (χ0v) is 10.1. The molecule has 0 saturated carbocycles. The Bertz CT molecular complexity index is 505. The topological polar surface area (TPSA) is 38.1 Å². The van der Waals surface area contributed by atoms with Crippen molar-refractivity contribution < 1.29 is 5.11 Å². The van der Waals surface area contributed by atoms with Crippen LogP contribution in [0, 0.1) is 6.92 Å². The molecule has 0 saturated heterocycles. The first-order chi connectivity index (χ1) is 7.09. The van der Waals surface area contributed by atoms with Gasteiger partial charge in [0.2, 0.25) is 0 Å². The van der Waals surface area contributed by atoms with Crippen molar-refractivity contribution in [2.24, 2.45) is 7.05 Å². The Kier molecular flexibility index (Phi) is 2.52. The maximum absolute atomic E-state index is 9.86. The van der Waals surface area contributed by atoms with E-state index in [9.17, 15) is 5.11 Å². The number of benzene rings is 1. The number of aromatic nitrogens is 2. The Morgan fingerprint density at radius 3 is 2.67 bits per heavy atom. The van der Waals surface area contributed by atoms with Crippen molar-refractivity contribution in [3.63, 3.8) is 0 Å². The van der Waals surface area contributed by atoms with Gasteiger partial charge in [0.05, 0.1) is 5.69 Å². The van der Waals surface area contributed by atoms with Crippen molar-refractivity contribution in [2.75, 3.05) is 0 Å². The molecule has 1 N–H and O–H groups in total. The SMILES string of the molecule is Cc1c(O)c(-c2cccc(Br)c2)nn1C. The minimum absolute atomic E-state index is 0.246. The van der Waals surface area contributed by atoms with Gasteiger partial charge >= 0.3 is 0 Å². The summed E-state index contributed by atoms with van der Waals surface area (Å²) in [5.74, 6) is 0.246. The van der Waals surface area contributed by atoms with Gasteiger partial charge in [-0.3, -0.25) is 4.68 Å². The third-order valence-corrected chi connectivity index (χ3v) is 2.89. The number of hydrogen-bond acceptors (Lipinski definition) is 2. The van der Waals surface area contributed by atoms with Crippen LogP contribution >= 0.6 is 15.9 Å². The van der Waals surface area contributed by atoms with Crippen LogP contribution in [0.3, 0.4) is 0 Å². The van der Waals surface area contributed by atoms with Crippen LogP contribution in [0.25, 0.3) is 11.3 Å². The van der Waals surface area contributed by atoms with E-state index in [1.165, 1.54) is 0 Å². The van der Waals surface area contributed by atoms with Crippen LogP contribution < -0.4 is 0 Å². The Labute approximate surface area is 96.5 Å². The summed E-state index contributed by atoms with van der Waals surface area (Å²) in [6.45, 7) is 1.84. The second kappa shape index (κ2) is 3.70. The van der Waals surface area contributed by atoms with E-state index >= 15 is 0 Å². The summed E-state index contributed by atoms with van der Waals surface area (Å²) >= 11 is 3.39. The highest BCUT2D eigenvalue weighted by molar-refractivity contribution is 9.10. The first-order valence-electron chi connectivity index (χ1n) is 4.58. The summed E-state index contributed by atoms with van der Waals surface area (Å²) in [6, 6.07) is 7.72. The van der Waals surface area contributed by atoms with Gasteiger partial charge in [-0.05, 0) is 19.1 Å². The summed E-state index contributed by atoms with van der Waals surface area (Å²) < 4.78 is 2.65. The maximum atomic E-state index is 9.86. The lowest BCUT2D eigenvalue weighted by Gasteiger charge is -1.98. The summed E-state index contributed by atoms with van der Waals surface area (Å²) in [7, 11) is 1.82. The molecular weight excluding hydrogens is 256 g/mol. The van der Waals surface area contributed by atoms with Gasteiger partial charge in [-0.1, -0.05) is 28.1 Å². The molecule has 2 rings (SSSR count). The number of rotatable bonds is 1. The van der Waals surface area contributed by atoms with Crippen molar-refractivity contribution in [3.05, 3.63) is 34.4 Å². The van der Waals surface area contributed by atoms with Crippen LogP contribution in [-0.2, 0) is 7.05 Å². The fraction of sp³-hybridized carbons (Fsp3) is 0.182. The second-order valence-corrected chi connectivity index (χ2v) is 4.33. The fourth-order valence-corrected chi connectivity index (χ4v) is 1.83.